The van der Waals surface area contributed by atoms with Crippen LogP contribution in [-0.2, 0) is 22.4 Å². The first-order valence-corrected chi connectivity index (χ1v) is 18.4. The van der Waals surface area contributed by atoms with Crippen molar-refractivity contribution < 1.29 is 41.7 Å². The van der Waals surface area contributed by atoms with Gasteiger partial charge in [0.2, 0.25) is 0 Å². The fourth-order valence-electron chi connectivity index (χ4n) is 6.40. The van der Waals surface area contributed by atoms with Crippen molar-refractivity contribution in [3.8, 4) is 11.5 Å². The van der Waals surface area contributed by atoms with E-state index in [0.29, 0.717) is 23.2 Å². The summed E-state index contributed by atoms with van der Waals surface area (Å²) in [5.74, 6) is -1.21. The van der Waals surface area contributed by atoms with E-state index < -0.39 is 30.6 Å². The molecule has 0 unspecified atom stereocenters. The van der Waals surface area contributed by atoms with Crippen LogP contribution in [0.3, 0.4) is 0 Å². The Morgan fingerprint density at radius 1 is 1.02 bits per heavy atom. The number of pyridine rings is 1. The number of para-hydroxylation sites is 1. The molecule has 2 bridgehead atoms. The van der Waals surface area contributed by atoms with Crippen LogP contribution in [0.25, 0.3) is 0 Å². The molecule has 2 aromatic heterocycles. The standard InChI is InChI=1S/C37H36Cl2F3N3O6S/c1-21(2)48-32-14-24(7-8-30(32)50-36(41)42)31(15-25-26(38)16-43-17-27(25)39)49-35(46)34-13-22(20-52-34)18-45(29-6-4-3-5-28(29)40)37(47)51-33-19-44-11-9-23(33)10-12-44/h3-8,13-14,16-17,20-21,23,31,33,36H,9-12,15,18-19H2,1-2H3/t31-,33-/m0/s1. The van der Waals surface area contributed by atoms with Gasteiger partial charge in [-0.05, 0) is 98.1 Å². The van der Waals surface area contributed by atoms with E-state index in [9.17, 15) is 18.4 Å². The third-order valence-corrected chi connectivity index (χ3v) is 10.5. The predicted molar refractivity (Wildman–Crippen MR) is 191 cm³/mol. The van der Waals surface area contributed by atoms with Gasteiger partial charge in [0.25, 0.3) is 0 Å². The molecule has 0 spiro atoms. The number of alkyl halides is 2. The van der Waals surface area contributed by atoms with Crippen molar-refractivity contribution >= 4 is 52.3 Å². The second-order valence-electron chi connectivity index (χ2n) is 12.8. The highest BCUT2D eigenvalue weighted by molar-refractivity contribution is 7.12. The van der Waals surface area contributed by atoms with E-state index >= 15 is 4.39 Å². The number of hydrogen-bond donors (Lipinski definition) is 0. The van der Waals surface area contributed by atoms with Crippen LogP contribution < -0.4 is 14.4 Å². The van der Waals surface area contributed by atoms with Crippen molar-refractivity contribution in [1.29, 1.82) is 0 Å². The van der Waals surface area contributed by atoms with Gasteiger partial charge in [-0.25, -0.2) is 14.0 Å². The minimum atomic E-state index is -3.09. The highest BCUT2D eigenvalue weighted by Gasteiger charge is 2.38. The van der Waals surface area contributed by atoms with Crippen LogP contribution in [0.1, 0.15) is 59.2 Å². The smallest absolute Gasteiger partial charge is 0.415 e. The zero-order chi connectivity index (χ0) is 36.9. The zero-order valence-corrected chi connectivity index (χ0v) is 30.6. The molecule has 7 rings (SSSR count). The molecule has 15 heteroatoms. The Labute approximate surface area is 313 Å². The van der Waals surface area contributed by atoms with Crippen molar-refractivity contribution in [3.63, 3.8) is 0 Å². The van der Waals surface area contributed by atoms with Crippen LogP contribution in [0.2, 0.25) is 10.0 Å². The number of amides is 1. The van der Waals surface area contributed by atoms with Gasteiger partial charge >= 0.3 is 18.7 Å². The first-order valence-electron chi connectivity index (χ1n) is 16.7. The number of benzene rings is 2. The van der Waals surface area contributed by atoms with E-state index in [1.807, 2.05) is 0 Å². The van der Waals surface area contributed by atoms with Crippen molar-refractivity contribution in [2.24, 2.45) is 5.92 Å². The number of nitrogens with zero attached hydrogens (tertiary/aromatic N) is 3. The Bertz CT molecular complexity index is 1870. The third kappa shape index (κ3) is 9.11. The third-order valence-electron chi connectivity index (χ3n) is 8.92. The molecule has 5 heterocycles. The summed E-state index contributed by atoms with van der Waals surface area (Å²) in [6, 6.07) is 11.8. The molecule has 0 N–H and O–H groups in total. The Kier molecular flexibility index (Phi) is 12.1. The molecular formula is C37H36Cl2F3N3O6S. The average molecular weight is 779 g/mol. The number of carbonyl (C=O) groups is 2. The number of aromatic nitrogens is 1. The van der Waals surface area contributed by atoms with Crippen LogP contribution in [-0.4, -0.2) is 60.4 Å². The topological polar surface area (TPSA) is 90.4 Å². The monoisotopic (exact) mass is 777 g/mol. The molecule has 4 aromatic rings. The first kappa shape index (κ1) is 37.7. The highest BCUT2D eigenvalue weighted by Crippen LogP contribution is 2.38. The number of rotatable bonds is 13. The summed E-state index contributed by atoms with van der Waals surface area (Å²) in [5.41, 5.74) is 1.44. The van der Waals surface area contributed by atoms with Gasteiger partial charge in [-0.1, -0.05) is 41.4 Å². The Hall–Kier alpha value is -4.04. The molecule has 3 aliphatic heterocycles. The minimum Gasteiger partial charge on any atom is -0.487 e. The number of ether oxygens (including phenoxy) is 4. The van der Waals surface area contributed by atoms with Crippen LogP contribution in [0, 0.1) is 11.7 Å². The number of piperidine rings is 3. The molecule has 52 heavy (non-hydrogen) atoms. The van der Waals surface area contributed by atoms with Crippen LogP contribution in [0.4, 0.5) is 23.7 Å². The molecule has 0 radical (unpaired) electrons. The number of anilines is 1. The van der Waals surface area contributed by atoms with E-state index in [0.717, 1.165) is 37.3 Å². The van der Waals surface area contributed by atoms with E-state index in [1.54, 1.807) is 31.4 Å². The lowest BCUT2D eigenvalue weighted by molar-refractivity contribution is -0.0519. The van der Waals surface area contributed by atoms with Crippen LogP contribution in [0.5, 0.6) is 11.5 Å². The van der Waals surface area contributed by atoms with E-state index in [2.05, 4.69) is 14.6 Å². The summed E-state index contributed by atoms with van der Waals surface area (Å²) in [4.78, 5) is 35.1. The van der Waals surface area contributed by atoms with Gasteiger partial charge in [0.1, 0.15) is 22.9 Å². The lowest BCUT2D eigenvalue weighted by Gasteiger charge is -2.44. The van der Waals surface area contributed by atoms with E-state index in [-0.39, 0.29) is 63.2 Å². The molecule has 3 fully saturated rings. The van der Waals surface area contributed by atoms with Crippen molar-refractivity contribution in [1.82, 2.24) is 9.88 Å². The zero-order valence-electron chi connectivity index (χ0n) is 28.3. The molecule has 3 saturated heterocycles. The second-order valence-corrected chi connectivity index (χ2v) is 14.6. The number of halogens is 5. The number of hydrogen-bond acceptors (Lipinski definition) is 9. The molecular weight excluding hydrogens is 742 g/mol. The van der Waals surface area contributed by atoms with Crippen molar-refractivity contribution in [2.45, 2.75) is 64.6 Å². The van der Waals surface area contributed by atoms with Gasteiger partial charge < -0.3 is 18.9 Å². The summed E-state index contributed by atoms with van der Waals surface area (Å²) < 4.78 is 63.9. The van der Waals surface area contributed by atoms with Crippen LogP contribution >= 0.6 is 34.5 Å². The molecule has 276 valence electrons. The molecule has 3 aliphatic rings. The average Bonchev–Trinajstić information content (AvgIpc) is 3.58. The summed E-state index contributed by atoms with van der Waals surface area (Å²) in [6.07, 6.45) is 2.32. The Balaban J connectivity index is 1.25. The van der Waals surface area contributed by atoms with E-state index in [1.165, 1.54) is 53.7 Å². The fourth-order valence-corrected chi connectivity index (χ4v) is 7.71. The van der Waals surface area contributed by atoms with Gasteiger partial charge in [0.15, 0.2) is 11.5 Å². The maximum Gasteiger partial charge on any atom is 0.415 e. The molecule has 0 aliphatic carbocycles. The van der Waals surface area contributed by atoms with E-state index in [4.69, 9.17) is 37.4 Å². The quantitative estimate of drug-likeness (QED) is 0.124. The number of esters is 1. The Morgan fingerprint density at radius 2 is 1.75 bits per heavy atom. The lowest BCUT2D eigenvalue weighted by Crippen LogP contribution is -2.53. The fraction of sp³-hybridized carbons (Fsp3) is 0.378. The molecule has 1 amide bonds. The normalized spacial score (nSPS) is 18.7. The molecule has 0 saturated carbocycles. The maximum absolute atomic E-state index is 15.1. The van der Waals surface area contributed by atoms with Gasteiger partial charge in [-0.2, -0.15) is 8.78 Å². The summed E-state index contributed by atoms with van der Waals surface area (Å²) in [7, 11) is 0. The molecule has 9 nitrogen and oxygen atoms in total. The van der Waals surface area contributed by atoms with Gasteiger partial charge in [0.05, 0.1) is 28.4 Å². The number of carbonyl (C=O) groups excluding carboxylic acids is 2. The largest absolute Gasteiger partial charge is 0.487 e. The summed E-state index contributed by atoms with van der Waals surface area (Å²) in [6.45, 7) is 2.88. The van der Waals surface area contributed by atoms with Crippen LogP contribution in [0.15, 0.2) is 66.3 Å². The van der Waals surface area contributed by atoms with Gasteiger partial charge in [-0.3, -0.25) is 14.8 Å². The SMILES string of the molecule is CC(C)Oc1cc([C@H](Cc2c(Cl)cncc2Cl)OC(=O)c2cc(CN(C(=O)O[C@H]3CN4CCC3CC4)c3ccccc3F)cs2)ccc1OC(F)F. The Morgan fingerprint density at radius 3 is 2.40 bits per heavy atom. The predicted octanol–water partition coefficient (Wildman–Crippen LogP) is 9.36. The maximum atomic E-state index is 15.1. The summed E-state index contributed by atoms with van der Waals surface area (Å²) in [5, 5.41) is 2.16. The van der Waals surface area contributed by atoms with Gasteiger partial charge in [-0.15, -0.1) is 11.3 Å². The number of thiophene rings is 1. The minimum absolute atomic E-state index is 0.00677. The summed E-state index contributed by atoms with van der Waals surface area (Å²) >= 11 is 13.9. The number of fused-ring (bicyclic) bond motifs is 3. The van der Waals surface area contributed by atoms with Gasteiger partial charge in [0, 0.05) is 25.4 Å². The van der Waals surface area contributed by atoms with Crippen molar-refractivity contribution in [2.75, 3.05) is 24.5 Å². The second kappa shape index (κ2) is 16.7. The van der Waals surface area contributed by atoms with Crippen molar-refractivity contribution in [3.05, 3.63) is 104 Å². The molecule has 2 atom stereocenters. The molecule has 2 aromatic carbocycles. The highest BCUT2D eigenvalue weighted by atomic mass is 35.5. The first-order chi connectivity index (χ1) is 24.9. The lowest BCUT2D eigenvalue weighted by atomic mass is 9.86.